The van der Waals surface area contributed by atoms with Crippen molar-refractivity contribution in [2.24, 2.45) is 0 Å². The minimum atomic E-state index is -5.39. The molecule has 4 nitrogen and oxygen atoms in total. The topological polar surface area (TPSA) is 86.2 Å². The molecule has 0 amide bonds. The largest absolute Gasteiger partial charge is 1.00 e. The van der Waals surface area contributed by atoms with Crippen LogP contribution >= 0.6 is 7.82 Å². The van der Waals surface area contributed by atoms with Crippen molar-refractivity contribution in [2.45, 2.75) is 0 Å². The van der Waals surface area contributed by atoms with E-state index in [-0.39, 0.29) is 18.5 Å². The molecule has 0 saturated carbocycles. The predicted molar refractivity (Wildman–Crippen MR) is 8.72 cm³/mol. The normalized spacial score (nSPS) is 9.83. The van der Waals surface area contributed by atoms with Crippen LogP contribution in [0.1, 0.15) is 1.43 Å². The Morgan fingerprint density at radius 3 is 1.33 bits per heavy atom. The molecule has 0 atom stereocenters. The molecule has 0 aromatic carbocycles. The van der Waals surface area contributed by atoms with Gasteiger partial charge in [-0.1, -0.05) is 0 Å². The summed E-state index contributed by atoms with van der Waals surface area (Å²) in [7, 11) is -5.39. The number of rotatable bonds is 0. The second kappa shape index (κ2) is 2.75. The van der Waals surface area contributed by atoms with Gasteiger partial charge in [0.25, 0.3) is 0 Å². The van der Waals surface area contributed by atoms with Gasteiger partial charge in [0.2, 0.25) is 0 Å². The van der Waals surface area contributed by atoms with Gasteiger partial charge in [-0.2, -0.15) is 7.82 Å². The predicted octanol–water partition coefficient (Wildman–Crippen LogP) is -2.71. The van der Waals surface area contributed by atoms with E-state index in [1.807, 2.05) is 0 Å². The molecule has 0 aromatic rings. The summed E-state index contributed by atoms with van der Waals surface area (Å²) >= 11 is 0. The first-order valence-electron chi connectivity index (χ1n) is 0.730. The van der Waals surface area contributed by atoms with Gasteiger partial charge in [0.1, 0.15) is 0 Å². The Bertz CT molecular complexity index is 57.8. The second-order valence-corrected chi connectivity index (χ2v) is 1.34. The summed E-state index contributed by atoms with van der Waals surface area (Å²) in [5.74, 6) is 0. The third kappa shape index (κ3) is 154. The van der Waals surface area contributed by atoms with Crippen molar-refractivity contribution in [1.29, 1.82) is 0 Å². The maximum atomic E-state index is 8.55. The van der Waals surface area contributed by atoms with E-state index >= 15 is 0 Å². The first kappa shape index (κ1) is 9.80. The summed E-state index contributed by atoms with van der Waals surface area (Å²) in [6.07, 6.45) is 0. The Kier molecular flexibility index (Phi) is 4.49. The van der Waals surface area contributed by atoms with Gasteiger partial charge in [0, 0.05) is 0 Å². The fourth-order valence-corrected chi connectivity index (χ4v) is 0. The average molecular weight is 160 g/mol. The van der Waals surface area contributed by atoms with Gasteiger partial charge in [-0.3, -0.25) is 0 Å². The van der Waals surface area contributed by atoms with Crippen LogP contribution in [0.15, 0.2) is 0 Å². The van der Waals surface area contributed by atoms with Gasteiger partial charge < -0.3 is 19.2 Å². The van der Waals surface area contributed by atoms with Crippen molar-refractivity contribution >= 4 is 7.82 Å². The fraction of sp³-hybridized carbons (Fsp3) is 0. The van der Waals surface area contributed by atoms with Crippen LogP contribution in [0.5, 0.6) is 0 Å². The summed E-state index contributed by atoms with van der Waals surface area (Å²) in [5, 5.41) is 0. The van der Waals surface area contributed by atoms with E-state index in [4.69, 9.17) is 19.2 Å². The summed E-state index contributed by atoms with van der Waals surface area (Å²) in [6.45, 7) is 0. The van der Waals surface area contributed by atoms with Gasteiger partial charge in [-0.15, -0.1) is 0 Å². The Balaban J connectivity index is -0.0000000800. The van der Waals surface area contributed by atoms with Gasteiger partial charge in [0.15, 0.2) is 0 Å². The summed E-state index contributed by atoms with van der Waals surface area (Å²) < 4.78 is 8.55. The van der Waals surface area contributed by atoms with Crippen molar-refractivity contribution < 1.29 is 37.7 Å². The monoisotopic (exact) mass is 159 g/mol. The summed E-state index contributed by atoms with van der Waals surface area (Å²) in [6, 6.07) is 0. The smallest absolute Gasteiger partial charge is 0.822 e. The van der Waals surface area contributed by atoms with Gasteiger partial charge >= 0.3 is 18.5 Å². The van der Waals surface area contributed by atoms with Crippen LogP contribution in [-0.4, -0.2) is 0 Å². The van der Waals surface area contributed by atoms with E-state index in [9.17, 15) is 0 Å². The first-order chi connectivity index (χ1) is 2.00. The zero-order valence-corrected chi connectivity index (χ0v) is 4.22. The van der Waals surface area contributed by atoms with E-state index in [2.05, 4.69) is 0 Å². The van der Waals surface area contributed by atoms with Gasteiger partial charge in [-0.05, 0) is 0 Å². The molecule has 0 radical (unpaired) electrons. The molecule has 0 spiro atoms. The Labute approximate surface area is 46.4 Å². The molecule has 0 rings (SSSR count). The molecule has 0 N–H and O–H groups in total. The minimum absolute atomic E-state index is 0. The SMILES string of the molecule is O=P([O-])([O-])[O-].[Cu+].[H+]. The van der Waals surface area contributed by atoms with Crippen LogP contribution in [-0.2, 0) is 21.6 Å². The van der Waals surface area contributed by atoms with Crippen LogP contribution in [0.2, 0.25) is 0 Å². The third-order valence-electron chi connectivity index (χ3n) is 0. The molecule has 0 fully saturated rings. The molecule has 0 aliphatic heterocycles. The molecule has 0 unspecified atom stereocenters. The van der Waals surface area contributed by atoms with E-state index in [0.29, 0.717) is 0 Å². The first-order valence-corrected chi connectivity index (χ1v) is 2.19. The van der Waals surface area contributed by atoms with Crippen LogP contribution in [0.3, 0.4) is 0 Å². The van der Waals surface area contributed by atoms with E-state index in [1.54, 1.807) is 0 Å². The Morgan fingerprint density at radius 1 is 1.33 bits per heavy atom. The molecule has 0 aliphatic carbocycles. The molecule has 0 saturated heterocycles. The van der Waals surface area contributed by atoms with Crippen molar-refractivity contribution in [3.05, 3.63) is 0 Å². The standard InChI is InChI=1S/Cu.H3O4P/c;1-5(2,3)4/h;(H3,1,2,3,4)/q+1;/p-2. The molecule has 0 aliphatic rings. The van der Waals surface area contributed by atoms with Crippen LogP contribution in [0.25, 0.3) is 0 Å². The summed E-state index contributed by atoms with van der Waals surface area (Å²) in [4.78, 5) is 25.6. The molecule has 42 valence electrons. The number of hydrogen-bond acceptors (Lipinski definition) is 4. The zero-order valence-electron chi connectivity index (χ0n) is 3.38. The minimum Gasteiger partial charge on any atom is -0.822 e. The van der Waals surface area contributed by atoms with E-state index in [1.165, 1.54) is 0 Å². The molecule has 0 heterocycles. The quantitative estimate of drug-likeness (QED) is 0.284. The van der Waals surface area contributed by atoms with Crippen molar-refractivity contribution in [1.82, 2.24) is 0 Å². The molecule has 6 heavy (non-hydrogen) atoms. The van der Waals surface area contributed by atoms with Crippen LogP contribution < -0.4 is 14.7 Å². The summed E-state index contributed by atoms with van der Waals surface area (Å²) in [5.41, 5.74) is 0. The van der Waals surface area contributed by atoms with Gasteiger partial charge in [0.05, 0.1) is 0 Å². The molecular weight excluding hydrogens is 159 g/mol. The molecule has 0 aromatic heterocycles. The molecular formula is HCuO4P-. The van der Waals surface area contributed by atoms with Gasteiger partial charge in [-0.25, -0.2) is 0 Å². The van der Waals surface area contributed by atoms with Crippen molar-refractivity contribution in [3.63, 3.8) is 0 Å². The maximum absolute atomic E-state index is 8.55. The van der Waals surface area contributed by atoms with Crippen molar-refractivity contribution in [2.75, 3.05) is 0 Å². The van der Waals surface area contributed by atoms with E-state index in [0.717, 1.165) is 0 Å². The van der Waals surface area contributed by atoms with Crippen LogP contribution in [0.4, 0.5) is 0 Å². The third-order valence-corrected chi connectivity index (χ3v) is 0. The van der Waals surface area contributed by atoms with Crippen molar-refractivity contribution in [3.8, 4) is 0 Å². The number of hydrogen-bond donors (Lipinski definition) is 0. The average Bonchev–Trinajstić information content (AvgIpc) is 0.722. The van der Waals surface area contributed by atoms with Crippen LogP contribution in [0, 0.1) is 0 Å². The Hall–Kier alpha value is 0.629. The van der Waals surface area contributed by atoms with E-state index < -0.39 is 7.82 Å². The fourth-order valence-electron chi connectivity index (χ4n) is 0. The zero-order chi connectivity index (χ0) is 4.50. The molecule has 0 bridgehead atoms. The Morgan fingerprint density at radius 2 is 1.33 bits per heavy atom. The molecule has 6 heteroatoms. The second-order valence-electron chi connectivity index (χ2n) is 0.447. The maximum Gasteiger partial charge on any atom is 1.00 e. The number of phosphoric acid groups is 1.